The minimum Gasteiger partial charge on any atom is -0.480 e. The molecule has 1 heterocycles. The van der Waals surface area contributed by atoms with E-state index < -0.39 is 0 Å². The number of unbranched alkanes of at least 4 members (excludes halogenated alkanes) is 1. The summed E-state index contributed by atoms with van der Waals surface area (Å²) >= 11 is 0. The average molecular weight is 204 g/mol. The van der Waals surface area contributed by atoms with Crippen molar-refractivity contribution in [1.29, 1.82) is 0 Å². The van der Waals surface area contributed by atoms with Gasteiger partial charge in [0.25, 0.3) is 0 Å². The topological polar surface area (TPSA) is 47.6 Å². The smallest absolute Gasteiger partial charge is 0.156 e. The number of nitrogens with two attached hydrogens (primary N) is 1. The molecule has 0 saturated heterocycles. The first-order valence-corrected chi connectivity index (χ1v) is 5.41. The highest BCUT2D eigenvalue weighted by atomic mass is 16.5. The normalized spacial score (nSPS) is 19.0. The Bertz CT molecular complexity index is 374. The molecule has 2 N–H and O–H groups in total. The Balaban J connectivity index is 2.17. The van der Waals surface area contributed by atoms with Crippen molar-refractivity contribution < 1.29 is 4.74 Å². The van der Waals surface area contributed by atoms with Crippen LogP contribution in [-0.2, 0) is 0 Å². The quantitative estimate of drug-likeness (QED) is 0.822. The van der Waals surface area contributed by atoms with Crippen molar-refractivity contribution in [3.8, 4) is 5.75 Å². The Morgan fingerprint density at radius 2 is 2.20 bits per heavy atom. The van der Waals surface area contributed by atoms with E-state index in [1.807, 2.05) is 24.3 Å². The molecular formula is C12H16N2O. The summed E-state index contributed by atoms with van der Waals surface area (Å²) < 4.78 is 5.79. The molecule has 3 nitrogen and oxygen atoms in total. The van der Waals surface area contributed by atoms with Crippen LogP contribution in [0.2, 0.25) is 0 Å². The molecule has 1 atom stereocenters. The van der Waals surface area contributed by atoms with Crippen molar-refractivity contribution >= 4 is 11.5 Å². The molecule has 15 heavy (non-hydrogen) atoms. The van der Waals surface area contributed by atoms with Crippen LogP contribution in [0.4, 0.5) is 5.69 Å². The van der Waals surface area contributed by atoms with E-state index in [9.17, 15) is 0 Å². The van der Waals surface area contributed by atoms with Crippen molar-refractivity contribution in [2.45, 2.75) is 32.3 Å². The van der Waals surface area contributed by atoms with E-state index in [2.05, 4.69) is 11.9 Å². The molecule has 1 aromatic carbocycles. The van der Waals surface area contributed by atoms with E-state index >= 15 is 0 Å². The van der Waals surface area contributed by atoms with Gasteiger partial charge in [0.05, 0.1) is 0 Å². The van der Waals surface area contributed by atoms with Crippen LogP contribution in [0.1, 0.15) is 26.2 Å². The van der Waals surface area contributed by atoms with Gasteiger partial charge in [-0.2, -0.15) is 0 Å². The first kappa shape index (κ1) is 10.0. The highest BCUT2D eigenvalue weighted by Gasteiger charge is 2.21. The Morgan fingerprint density at radius 3 is 3.00 bits per heavy atom. The highest BCUT2D eigenvalue weighted by molar-refractivity contribution is 5.90. The third-order valence-corrected chi connectivity index (χ3v) is 2.53. The highest BCUT2D eigenvalue weighted by Crippen LogP contribution is 2.32. The summed E-state index contributed by atoms with van der Waals surface area (Å²) in [6, 6.07) is 7.74. The van der Waals surface area contributed by atoms with Crippen LogP contribution in [0.25, 0.3) is 0 Å². The van der Waals surface area contributed by atoms with Crippen molar-refractivity contribution in [3.05, 3.63) is 24.3 Å². The standard InChI is InChI=1S/C12H16N2O/c1-2-3-7-11-12(13)14-9-6-4-5-8-10(9)15-11/h4-6,8,11H,2-3,7H2,1H3,(H2,13,14). The summed E-state index contributed by atoms with van der Waals surface area (Å²) in [6.45, 7) is 2.16. The lowest BCUT2D eigenvalue weighted by Crippen LogP contribution is -2.35. The average Bonchev–Trinajstić information content (AvgIpc) is 2.26. The van der Waals surface area contributed by atoms with E-state index in [1.165, 1.54) is 0 Å². The Labute approximate surface area is 90.0 Å². The summed E-state index contributed by atoms with van der Waals surface area (Å²) in [6.07, 6.45) is 3.16. The van der Waals surface area contributed by atoms with Gasteiger partial charge in [-0.15, -0.1) is 0 Å². The predicted octanol–water partition coefficient (Wildman–Crippen LogP) is 2.63. The van der Waals surface area contributed by atoms with Crippen molar-refractivity contribution in [2.24, 2.45) is 10.7 Å². The monoisotopic (exact) mass is 204 g/mol. The summed E-state index contributed by atoms with van der Waals surface area (Å²) in [7, 11) is 0. The fourth-order valence-corrected chi connectivity index (χ4v) is 1.67. The molecule has 1 unspecified atom stereocenters. The SMILES string of the molecule is CCCCC1Oc2ccccc2N=C1N. The molecule has 0 amide bonds. The molecule has 0 radical (unpaired) electrons. The van der Waals surface area contributed by atoms with Gasteiger partial charge in [0.15, 0.2) is 6.10 Å². The van der Waals surface area contributed by atoms with Crippen LogP contribution in [-0.4, -0.2) is 11.9 Å². The predicted molar refractivity (Wildman–Crippen MR) is 61.7 cm³/mol. The Kier molecular flexibility index (Phi) is 2.90. The number of rotatable bonds is 3. The number of nitrogens with zero attached hydrogens (tertiary/aromatic N) is 1. The molecule has 1 aliphatic heterocycles. The lowest BCUT2D eigenvalue weighted by atomic mass is 10.1. The Hall–Kier alpha value is -1.51. The van der Waals surface area contributed by atoms with Gasteiger partial charge in [-0.1, -0.05) is 25.5 Å². The fourth-order valence-electron chi connectivity index (χ4n) is 1.67. The van der Waals surface area contributed by atoms with E-state index in [-0.39, 0.29) is 6.10 Å². The molecule has 0 fully saturated rings. The van der Waals surface area contributed by atoms with Gasteiger partial charge in [0.2, 0.25) is 0 Å². The van der Waals surface area contributed by atoms with E-state index in [0.29, 0.717) is 5.84 Å². The van der Waals surface area contributed by atoms with Crippen LogP contribution in [0.5, 0.6) is 5.75 Å². The first-order valence-electron chi connectivity index (χ1n) is 5.41. The largest absolute Gasteiger partial charge is 0.480 e. The maximum Gasteiger partial charge on any atom is 0.156 e. The van der Waals surface area contributed by atoms with E-state index in [0.717, 1.165) is 30.7 Å². The van der Waals surface area contributed by atoms with Gasteiger partial charge in [0.1, 0.15) is 17.3 Å². The van der Waals surface area contributed by atoms with Gasteiger partial charge in [0, 0.05) is 0 Å². The molecule has 3 heteroatoms. The third-order valence-electron chi connectivity index (χ3n) is 2.53. The molecule has 2 rings (SSSR count). The van der Waals surface area contributed by atoms with Gasteiger partial charge in [-0.3, -0.25) is 0 Å². The Morgan fingerprint density at radius 1 is 1.40 bits per heavy atom. The number of hydrogen-bond donors (Lipinski definition) is 1. The summed E-state index contributed by atoms with van der Waals surface area (Å²) in [5, 5.41) is 0. The van der Waals surface area contributed by atoms with Crippen molar-refractivity contribution in [1.82, 2.24) is 0 Å². The van der Waals surface area contributed by atoms with Gasteiger partial charge in [-0.05, 0) is 25.0 Å². The maximum atomic E-state index is 5.86. The zero-order valence-corrected chi connectivity index (χ0v) is 8.94. The summed E-state index contributed by atoms with van der Waals surface area (Å²) in [4.78, 5) is 4.35. The third kappa shape index (κ3) is 2.12. The number of benzene rings is 1. The second kappa shape index (κ2) is 4.34. The molecular weight excluding hydrogens is 188 g/mol. The van der Waals surface area contributed by atoms with Gasteiger partial charge < -0.3 is 10.5 Å². The number of hydrogen-bond acceptors (Lipinski definition) is 3. The van der Waals surface area contributed by atoms with E-state index in [4.69, 9.17) is 10.5 Å². The lowest BCUT2D eigenvalue weighted by Gasteiger charge is -2.23. The van der Waals surface area contributed by atoms with Crippen LogP contribution in [0, 0.1) is 0 Å². The number of fused-ring (bicyclic) bond motifs is 1. The second-order valence-corrected chi connectivity index (χ2v) is 3.75. The first-order chi connectivity index (χ1) is 7.31. The zero-order chi connectivity index (χ0) is 10.7. The minimum atomic E-state index is -0.0418. The molecule has 80 valence electrons. The molecule has 0 saturated carbocycles. The van der Waals surface area contributed by atoms with Gasteiger partial charge in [-0.25, -0.2) is 4.99 Å². The van der Waals surface area contributed by atoms with Gasteiger partial charge >= 0.3 is 0 Å². The molecule has 0 bridgehead atoms. The van der Waals surface area contributed by atoms with Crippen LogP contribution in [0.15, 0.2) is 29.3 Å². The second-order valence-electron chi connectivity index (χ2n) is 3.75. The fraction of sp³-hybridized carbons (Fsp3) is 0.417. The number of ether oxygens (including phenoxy) is 1. The summed E-state index contributed by atoms with van der Waals surface area (Å²) in [5.41, 5.74) is 6.70. The number of para-hydroxylation sites is 2. The summed E-state index contributed by atoms with van der Waals surface area (Å²) in [5.74, 6) is 1.44. The minimum absolute atomic E-state index is 0.0418. The molecule has 1 aliphatic rings. The van der Waals surface area contributed by atoms with Crippen LogP contribution in [0.3, 0.4) is 0 Å². The molecule has 0 spiro atoms. The number of aliphatic imine (C=N–C) groups is 1. The lowest BCUT2D eigenvalue weighted by molar-refractivity contribution is 0.247. The van der Waals surface area contributed by atoms with Crippen LogP contribution >= 0.6 is 0 Å². The van der Waals surface area contributed by atoms with Crippen LogP contribution < -0.4 is 10.5 Å². The molecule has 0 aromatic heterocycles. The number of amidine groups is 1. The molecule has 0 aliphatic carbocycles. The van der Waals surface area contributed by atoms with E-state index in [1.54, 1.807) is 0 Å². The van der Waals surface area contributed by atoms with Crippen molar-refractivity contribution in [2.75, 3.05) is 0 Å². The zero-order valence-electron chi connectivity index (χ0n) is 8.94. The molecule has 1 aromatic rings. The maximum absolute atomic E-state index is 5.86. The van der Waals surface area contributed by atoms with Crippen molar-refractivity contribution in [3.63, 3.8) is 0 Å².